The van der Waals surface area contributed by atoms with E-state index < -0.39 is 0 Å². The number of methoxy groups -OCH3 is 1. The van der Waals surface area contributed by atoms with Crippen molar-refractivity contribution in [3.63, 3.8) is 0 Å². The number of nitrogens with zero attached hydrogens (tertiary/aromatic N) is 3. The summed E-state index contributed by atoms with van der Waals surface area (Å²) in [6, 6.07) is 0. The summed E-state index contributed by atoms with van der Waals surface area (Å²) in [5.41, 5.74) is 0.0864. The average Bonchev–Trinajstić information content (AvgIpc) is 2.52. The second-order valence-corrected chi connectivity index (χ2v) is 7.01. The van der Waals surface area contributed by atoms with Gasteiger partial charge in [-0.2, -0.15) is 0 Å². The third kappa shape index (κ3) is 4.37. The summed E-state index contributed by atoms with van der Waals surface area (Å²) in [7, 11) is 5.68. The molecule has 4 nitrogen and oxygen atoms in total. The Morgan fingerprint density at radius 1 is 1.32 bits per heavy atom. The summed E-state index contributed by atoms with van der Waals surface area (Å²) in [5, 5.41) is 0. The van der Waals surface area contributed by atoms with Gasteiger partial charge in [0.2, 0.25) is 0 Å². The predicted molar refractivity (Wildman–Crippen MR) is 78.3 cm³/mol. The number of rotatable bonds is 3. The first kappa shape index (κ1) is 15.7. The number of ether oxygens (including phenoxy) is 1. The second kappa shape index (κ2) is 5.35. The molecule has 0 aliphatic heterocycles. The van der Waals surface area contributed by atoms with Crippen LogP contribution in [-0.4, -0.2) is 23.1 Å². The SMILES string of the molecule is CO/C(=N\C(C)(C)CC(C)(C)C)c1n(C)cc[n+]1C. The lowest BCUT2D eigenvalue weighted by Crippen LogP contribution is -2.37. The average molecular weight is 266 g/mol. The molecule has 0 aromatic carbocycles. The molecule has 0 unspecified atom stereocenters. The monoisotopic (exact) mass is 266 g/mol. The lowest BCUT2D eigenvalue weighted by molar-refractivity contribution is -0.672. The van der Waals surface area contributed by atoms with Crippen LogP contribution in [0.5, 0.6) is 0 Å². The first-order valence-electron chi connectivity index (χ1n) is 6.71. The Balaban J connectivity index is 3.13. The lowest BCUT2D eigenvalue weighted by Gasteiger charge is -2.29. The minimum Gasteiger partial charge on any atom is -0.475 e. The standard InChI is InChI=1S/C15H28N3O/c1-14(2,3)11-15(4,5)16-12(19-8)13-17(6)9-10-18(13)7/h9-10H,11H2,1-8H3/q+1/b16-12-. The fraction of sp³-hybridized carbons (Fsp3) is 0.733. The summed E-state index contributed by atoms with van der Waals surface area (Å²) < 4.78 is 9.56. The van der Waals surface area contributed by atoms with Gasteiger partial charge in [-0.25, -0.2) is 14.1 Å². The van der Waals surface area contributed by atoms with E-state index in [-0.39, 0.29) is 11.0 Å². The maximum absolute atomic E-state index is 5.52. The van der Waals surface area contributed by atoms with Crippen LogP contribution >= 0.6 is 0 Å². The molecule has 0 N–H and O–H groups in total. The Morgan fingerprint density at radius 3 is 2.26 bits per heavy atom. The van der Waals surface area contributed by atoms with Gasteiger partial charge in [0, 0.05) is 0 Å². The molecule has 0 atom stereocenters. The topological polar surface area (TPSA) is 30.4 Å². The number of aryl methyl sites for hydroxylation is 2. The van der Waals surface area contributed by atoms with Crippen molar-refractivity contribution in [3.05, 3.63) is 18.2 Å². The Hall–Kier alpha value is -1.32. The van der Waals surface area contributed by atoms with E-state index in [1.807, 2.05) is 35.6 Å². The Morgan fingerprint density at radius 2 is 1.89 bits per heavy atom. The van der Waals surface area contributed by atoms with Crippen LogP contribution in [0.15, 0.2) is 17.4 Å². The van der Waals surface area contributed by atoms with E-state index in [0.717, 1.165) is 12.2 Å². The quantitative estimate of drug-likeness (QED) is 0.469. The molecule has 0 aliphatic carbocycles. The van der Waals surface area contributed by atoms with Crippen LogP contribution in [0.4, 0.5) is 0 Å². The van der Waals surface area contributed by atoms with E-state index in [9.17, 15) is 0 Å². The van der Waals surface area contributed by atoms with Crippen molar-refractivity contribution < 1.29 is 9.30 Å². The van der Waals surface area contributed by atoms with E-state index in [4.69, 9.17) is 9.73 Å². The molecule has 1 aromatic rings. The van der Waals surface area contributed by atoms with Crippen LogP contribution in [0.3, 0.4) is 0 Å². The van der Waals surface area contributed by atoms with Crippen molar-refractivity contribution in [1.29, 1.82) is 0 Å². The largest absolute Gasteiger partial charge is 0.475 e. The van der Waals surface area contributed by atoms with Gasteiger partial charge in [0.05, 0.1) is 26.7 Å². The van der Waals surface area contributed by atoms with Crippen molar-refractivity contribution in [3.8, 4) is 0 Å². The van der Waals surface area contributed by atoms with Gasteiger partial charge in [0.15, 0.2) is 0 Å². The Bertz CT molecular complexity index is 445. The molecule has 0 bridgehead atoms. The van der Waals surface area contributed by atoms with Crippen LogP contribution in [-0.2, 0) is 18.8 Å². The first-order valence-corrected chi connectivity index (χ1v) is 6.71. The molecular weight excluding hydrogens is 238 g/mol. The molecule has 0 aliphatic rings. The molecule has 1 aromatic heterocycles. The molecule has 0 fully saturated rings. The highest BCUT2D eigenvalue weighted by Crippen LogP contribution is 2.29. The maximum atomic E-state index is 5.52. The predicted octanol–water partition coefficient (Wildman–Crippen LogP) is 2.46. The van der Waals surface area contributed by atoms with Crippen LogP contribution in [0.1, 0.15) is 46.9 Å². The minimum absolute atomic E-state index is 0.152. The van der Waals surface area contributed by atoms with E-state index in [1.165, 1.54) is 0 Å². The molecule has 1 rings (SSSR count). The zero-order valence-electron chi connectivity index (χ0n) is 13.6. The summed E-state index contributed by atoms with van der Waals surface area (Å²) in [4.78, 5) is 4.83. The third-order valence-corrected chi connectivity index (χ3v) is 2.93. The van der Waals surface area contributed by atoms with Crippen LogP contribution in [0, 0.1) is 5.41 Å². The van der Waals surface area contributed by atoms with Crippen LogP contribution < -0.4 is 4.57 Å². The lowest BCUT2D eigenvalue weighted by atomic mass is 9.82. The Kier molecular flexibility index (Phi) is 4.43. The summed E-state index contributed by atoms with van der Waals surface area (Å²) >= 11 is 0. The second-order valence-electron chi connectivity index (χ2n) is 7.01. The van der Waals surface area contributed by atoms with E-state index >= 15 is 0 Å². The number of imidazole rings is 1. The molecule has 0 amide bonds. The third-order valence-electron chi connectivity index (χ3n) is 2.93. The van der Waals surface area contributed by atoms with E-state index in [0.29, 0.717) is 5.90 Å². The van der Waals surface area contributed by atoms with Crippen LogP contribution in [0.2, 0.25) is 0 Å². The van der Waals surface area contributed by atoms with Crippen molar-refractivity contribution in [2.24, 2.45) is 24.5 Å². The van der Waals surface area contributed by atoms with Gasteiger partial charge in [-0.15, -0.1) is 0 Å². The number of aliphatic imine (C=N–C) groups is 1. The molecular formula is C15H28N3O+. The van der Waals surface area contributed by atoms with Crippen molar-refractivity contribution in [2.45, 2.75) is 46.6 Å². The van der Waals surface area contributed by atoms with E-state index in [2.05, 4.69) is 34.6 Å². The van der Waals surface area contributed by atoms with Crippen LogP contribution in [0.25, 0.3) is 0 Å². The van der Waals surface area contributed by atoms with Gasteiger partial charge in [-0.1, -0.05) is 20.8 Å². The zero-order valence-corrected chi connectivity index (χ0v) is 13.6. The summed E-state index contributed by atoms with van der Waals surface area (Å²) in [6.07, 6.45) is 5.00. The van der Waals surface area contributed by atoms with Crippen molar-refractivity contribution in [1.82, 2.24) is 4.57 Å². The minimum atomic E-state index is -0.152. The molecule has 0 radical (unpaired) electrons. The number of hydrogen-bond donors (Lipinski definition) is 0. The zero-order chi connectivity index (χ0) is 14.8. The molecule has 19 heavy (non-hydrogen) atoms. The number of aromatic nitrogens is 2. The first-order chi connectivity index (χ1) is 8.56. The molecule has 0 saturated heterocycles. The van der Waals surface area contributed by atoms with Crippen molar-refractivity contribution >= 4 is 5.90 Å². The highest BCUT2D eigenvalue weighted by Gasteiger charge is 2.29. The highest BCUT2D eigenvalue weighted by molar-refractivity contribution is 5.89. The fourth-order valence-corrected chi connectivity index (χ4v) is 2.69. The Labute approximate surface area is 117 Å². The smallest absolute Gasteiger partial charge is 0.344 e. The summed E-state index contributed by atoms with van der Waals surface area (Å²) in [5.74, 6) is 1.66. The summed E-state index contributed by atoms with van der Waals surface area (Å²) in [6.45, 7) is 11.0. The number of hydrogen-bond acceptors (Lipinski definition) is 2. The molecule has 4 heteroatoms. The van der Waals surface area contributed by atoms with Crippen molar-refractivity contribution in [2.75, 3.05) is 7.11 Å². The van der Waals surface area contributed by atoms with Gasteiger partial charge < -0.3 is 4.74 Å². The van der Waals surface area contributed by atoms with Gasteiger partial charge in [0.25, 0.3) is 0 Å². The fourth-order valence-electron chi connectivity index (χ4n) is 2.69. The van der Waals surface area contributed by atoms with Gasteiger partial charge in [0.1, 0.15) is 12.4 Å². The van der Waals surface area contributed by atoms with Gasteiger partial charge >= 0.3 is 11.7 Å². The molecule has 1 heterocycles. The van der Waals surface area contributed by atoms with E-state index in [1.54, 1.807) is 7.11 Å². The highest BCUT2D eigenvalue weighted by atomic mass is 16.5. The maximum Gasteiger partial charge on any atom is 0.344 e. The molecule has 0 spiro atoms. The van der Waals surface area contributed by atoms with Gasteiger partial charge in [-0.3, -0.25) is 0 Å². The molecule has 108 valence electrons. The molecule has 0 saturated carbocycles. The normalized spacial score (nSPS) is 13.8. The van der Waals surface area contributed by atoms with Gasteiger partial charge in [-0.05, 0) is 25.7 Å².